The van der Waals surface area contributed by atoms with Gasteiger partial charge in [0.15, 0.2) is 6.61 Å². The summed E-state index contributed by atoms with van der Waals surface area (Å²) in [5.74, 6) is -0.354. The van der Waals surface area contributed by atoms with Crippen LogP contribution in [0.2, 0.25) is 0 Å². The van der Waals surface area contributed by atoms with Crippen LogP contribution in [0.1, 0.15) is 23.1 Å². The smallest absolute Gasteiger partial charge is 0.316 e. The Morgan fingerprint density at radius 3 is 2.50 bits per heavy atom. The van der Waals surface area contributed by atoms with E-state index in [2.05, 4.69) is 18.2 Å². The maximum atomic E-state index is 12.2. The van der Waals surface area contributed by atoms with Gasteiger partial charge in [-0.3, -0.25) is 9.59 Å². The number of fused-ring (bicyclic) bond motifs is 1. The summed E-state index contributed by atoms with van der Waals surface area (Å²) < 4.78 is 5.16. The van der Waals surface area contributed by atoms with Gasteiger partial charge >= 0.3 is 5.97 Å². The van der Waals surface area contributed by atoms with Crippen molar-refractivity contribution in [2.45, 2.75) is 35.6 Å². The number of rotatable bonds is 8. The van der Waals surface area contributed by atoms with Crippen molar-refractivity contribution in [3.05, 3.63) is 59.2 Å². The fraction of sp³-hybridized carbons (Fsp3) is 0.364. The predicted molar refractivity (Wildman–Crippen MR) is 115 cm³/mol. The molecule has 1 aliphatic rings. The number of likely N-dealkylation sites (N-methyl/N-ethyl adjacent to an activating group) is 1. The minimum atomic E-state index is -0.364. The number of nitrogens with zero attached hydrogens (tertiary/aromatic N) is 1. The molecule has 0 N–H and O–H groups in total. The van der Waals surface area contributed by atoms with E-state index in [-0.39, 0.29) is 24.2 Å². The maximum absolute atomic E-state index is 12.2. The third kappa shape index (κ3) is 5.79. The van der Waals surface area contributed by atoms with Crippen LogP contribution in [0.5, 0.6) is 0 Å². The Hall–Kier alpha value is -1.92. The van der Waals surface area contributed by atoms with Gasteiger partial charge in [-0.05, 0) is 66.5 Å². The van der Waals surface area contributed by atoms with E-state index in [1.165, 1.54) is 34.2 Å². The van der Waals surface area contributed by atoms with Crippen molar-refractivity contribution in [3.8, 4) is 0 Å². The fourth-order valence-corrected chi connectivity index (χ4v) is 4.33. The number of hydrogen-bond acceptors (Lipinski definition) is 5. The molecule has 2 aromatic rings. The first kappa shape index (κ1) is 20.8. The molecule has 1 amide bonds. The average Bonchev–Trinajstić information content (AvgIpc) is 3.18. The van der Waals surface area contributed by atoms with E-state index in [0.29, 0.717) is 6.54 Å². The summed E-state index contributed by atoms with van der Waals surface area (Å²) in [6.07, 6.45) is 5.51. The van der Waals surface area contributed by atoms with Crippen LogP contribution in [0, 0.1) is 0 Å². The highest BCUT2D eigenvalue weighted by Gasteiger charge is 2.14. The molecule has 0 heterocycles. The Labute approximate surface area is 175 Å². The number of thioether (sulfide) groups is 2. The lowest BCUT2D eigenvalue weighted by molar-refractivity contribution is -0.149. The average molecular weight is 416 g/mol. The topological polar surface area (TPSA) is 46.6 Å². The molecule has 148 valence electrons. The predicted octanol–water partition coefficient (Wildman–Crippen LogP) is 4.19. The van der Waals surface area contributed by atoms with Crippen LogP contribution < -0.4 is 0 Å². The molecule has 4 nitrogen and oxygen atoms in total. The number of hydrogen-bond donors (Lipinski definition) is 0. The Morgan fingerprint density at radius 1 is 1.04 bits per heavy atom. The zero-order valence-electron chi connectivity index (χ0n) is 16.3. The molecule has 28 heavy (non-hydrogen) atoms. The second-order valence-corrected chi connectivity index (χ2v) is 8.76. The van der Waals surface area contributed by atoms with Crippen molar-refractivity contribution >= 4 is 35.4 Å². The molecule has 0 bridgehead atoms. The second-order valence-electron chi connectivity index (χ2n) is 6.83. The van der Waals surface area contributed by atoms with Gasteiger partial charge in [-0.1, -0.05) is 18.2 Å². The molecule has 0 aliphatic heterocycles. The fourth-order valence-electron chi connectivity index (χ4n) is 3.17. The van der Waals surface area contributed by atoms with E-state index in [1.54, 1.807) is 23.7 Å². The van der Waals surface area contributed by atoms with E-state index < -0.39 is 0 Å². The molecule has 1 aliphatic carbocycles. The molecule has 0 saturated heterocycles. The molecule has 0 atom stereocenters. The lowest BCUT2D eigenvalue weighted by Gasteiger charge is -2.17. The minimum Gasteiger partial charge on any atom is -0.455 e. The van der Waals surface area contributed by atoms with Crippen LogP contribution in [0.25, 0.3) is 0 Å². The van der Waals surface area contributed by atoms with Crippen molar-refractivity contribution < 1.29 is 14.3 Å². The number of amides is 1. The van der Waals surface area contributed by atoms with Crippen LogP contribution in [0.15, 0.2) is 52.3 Å². The summed E-state index contributed by atoms with van der Waals surface area (Å²) in [6.45, 7) is 0.276. The third-order valence-corrected chi connectivity index (χ3v) is 6.50. The standard InChI is InChI=1S/C22H25NO3S2/c1-23(13-16-6-9-19(27-2)10-7-16)21(24)14-26-22(25)15-28-20-11-8-17-4-3-5-18(17)12-20/h6-12H,3-5,13-15H2,1-2H3. The first-order chi connectivity index (χ1) is 13.5. The lowest BCUT2D eigenvalue weighted by Crippen LogP contribution is -2.31. The molecule has 0 unspecified atom stereocenters. The highest BCUT2D eigenvalue weighted by atomic mass is 32.2. The minimum absolute atomic E-state index is 0.204. The van der Waals surface area contributed by atoms with Crippen LogP contribution in [-0.4, -0.2) is 42.4 Å². The molecule has 0 saturated carbocycles. The largest absolute Gasteiger partial charge is 0.455 e. The summed E-state index contributed by atoms with van der Waals surface area (Å²) in [7, 11) is 1.72. The SMILES string of the molecule is CSc1ccc(CN(C)C(=O)COC(=O)CSc2ccc3c(c2)CCC3)cc1. The van der Waals surface area contributed by atoms with E-state index in [4.69, 9.17) is 4.74 Å². The van der Waals surface area contributed by atoms with Crippen molar-refractivity contribution in [1.29, 1.82) is 0 Å². The molecule has 3 rings (SSSR count). The normalized spacial score (nSPS) is 12.5. The Balaban J connectivity index is 1.40. The Kier molecular flexibility index (Phi) is 7.45. The third-order valence-electron chi connectivity index (χ3n) is 4.79. The molecule has 0 spiro atoms. The van der Waals surface area contributed by atoms with Gasteiger partial charge in [0.2, 0.25) is 0 Å². The molecule has 2 aromatic carbocycles. The summed E-state index contributed by atoms with van der Waals surface area (Å²) in [4.78, 5) is 28.0. The molecular formula is C22H25NO3S2. The van der Waals surface area contributed by atoms with Crippen LogP contribution >= 0.6 is 23.5 Å². The number of carbonyl (C=O) groups excluding carboxylic acids is 2. The molecule has 0 fully saturated rings. The summed E-state index contributed by atoms with van der Waals surface area (Å²) in [6, 6.07) is 14.5. The molecule has 6 heteroatoms. The van der Waals surface area contributed by atoms with Crippen molar-refractivity contribution in [2.75, 3.05) is 25.7 Å². The van der Waals surface area contributed by atoms with Gasteiger partial charge in [0.05, 0.1) is 5.75 Å². The molecular weight excluding hydrogens is 390 g/mol. The number of esters is 1. The first-order valence-electron chi connectivity index (χ1n) is 9.32. The number of ether oxygens (including phenoxy) is 1. The van der Waals surface area contributed by atoms with Crippen molar-refractivity contribution in [1.82, 2.24) is 4.90 Å². The lowest BCUT2D eigenvalue weighted by atomic mass is 10.1. The molecule has 0 radical (unpaired) electrons. The van der Waals surface area contributed by atoms with Crippen LogP contribution in [-0.2, 0) is 33.7 Å². The van der Waals surface area contributed by atoms with Gasteiger partial charge in [0, 0.05) is 23.4 Å². The van der Waals surface area contributed by atoms with Crippen LogP contribution in [0.3, 0.4) is 0 Å². The number of carbonyl (C=O) groups is 2. The monoisotopic (exact) mass is 415 g/mol. The zero-order valence-corrected chi connectivity index (χ0v) is 17.9. The van der Waals surface area contributed by atoms with Gasteiger partial charge in [-0.25, -0.2) is 0 Å². The van der Waals surface area contributed by atoms with E-state index >= 15 is 0 Å². The highest BCUT2D eigenvalue weighted by Crippen LogP contribution is 2.27. The van der Waals surface area contributed by atoms with E-state index in [1.807, 2.05) is 30.5 Å². The van der Waals surface area contributed by atoms with Gasteiger partial charge in [0.1, 0.15) is 0 Å². The summed E-state index contributed by atoms with van der Waals surface area (Å²) >= 11 is 3.14. The molecule has 0 aromatic heterocycles. The van der Waals surface area contributed by atoms with Gasteiger partial charge < -0.3 is 9.64 Å². The van der Waals surface area contributed by atoms with Gasteiger partial charge in [-0.2, -0.15) is 0 Å². The Morgan fingerprint density at radius 2 is 1.75 bits per heavy atom. The van der Waals surface area contributed by atoms with Crippen molar-refractivity contribution in [3.63, 3.8) is 0 Å². The highest BCUT2D eigenvalue weighted by molar-refractivity contribution is 8.00. The first-order valence-corrected chi connectivity index (χ1v) is 11.5. The second kappa shape index (κ2) is 10.0. The van der Waals surface area contributed by atoms with Crippen molar-refractivity contribution in [2.24, 2.45) is 0 Å². The number of aryl methyl sites for hydroxylation is 2. The quantitative estimate of drug-likeness (QED) is 0.478. The Bertz CT molecular complexity index is 836. The number of benzene rings is 2. The van der Waals surface area contributed by atoms with Crippen LogP contribution in [0.4, 0.5) is 0 Å². The van der Waals surface area contributed by atoms with E-state index in [9.17, 15) is 9.59 Å². The zero-order chi connectivity index (χ0) is 19.9. The van der Waals surface area contributed by atoms with Gasteiger partial charge in [0.25, 0.3) is 5.91 Å². The maximum Gasteiger partial charge on any atom is 0.316 e. The summed E-state index contributed by atoms with van der Waals surface area (Å²) in [5, 5.41) is 0. The summed E-state index contributed by atoms with van der Waals surface area (Å²) in [5.41, 5.74) is 3.86. The van der Waals surface area contributed by atoms with E-state index in [0.717, 1.165) is 23.3 Å². The van der Waals surface area contributed by atoms with Gasteiger partial charge in [-0.15, -0.1) is 23.5 Å².